The molecular formula is C17H26N2. The fraction of sp³-hybridized carbons (Fsp3) is 0.647. The largest absolute Gasteiger partial charge is 0.329 e. The molecule has 0 spiro atoms. The highest BCUT2D eigenvalue weighted by molar-refractivity contribution is 5.32. The van der Waals surface area contributed by atoms with Gasteiger partial charge in [0.05, 0.1) is 0 Å². The molecule has 104 valence electrons. The van der Waals surface area contributed by atoms with Gasteiger partial charge in [0.2, 0.25) is 0 Å². The molecule has 2 aliphatic carbocycles. The van der Waals surface area contributed by atoms with E-state index in [4.69, 9.17) is 5.73 Å². The highest BCUT2D eigenvalue weighted by Gasteiger charge is 2.34. The molecule has 1 fully saturated rings. The first kappa shape index (κ1) is 13.1. The normalized spacial score (nSPS) is 28.1. The van der Waals surface area contributed by atoms with Crippen LogP contribution in [0.3, 0.4) is 0 Å². The zero-order valence-corrected chi connectivity index (χ0v) is 11.8. The summed E-state index contributed by atoms with van der Waals surface area (Å²) in [6.45, 7) is 0.762. The Labute approximate surface area is 116 Å². The first-order valence-corrected chi connectivity index (χ1v) is 7.86. The Kier molecular flexibility index (Phi) is 3.90. The van der Waals surface area contributed by atoms with Crippen LogP contribution < -0.4 is 11.1 Å². The monoisotopic (exact) mass is 258 g/mol. The highest BCUT2D eigenvalue weighted by Crippen LogP contribution is 2.30. The van der Waals surface area contributed by atoms with Crippen molar-refractivity contribution in [2.75, 3.05) is 6.54 Å². The molecule has 0 saturated heterocycles. The van der Waals surface area contributed by atoms with E-state index in [0.717, 1.165) is 13.0 Å². The third kappa shape index (κ3) is 2.85. The average Bonchev–Trinajstić information content (AvgIpc) is 2.48. The van der Waals surface area contributed by atoms with Gasteiger partial charge in [-0.05, 0) is 43.2 Å². The van der Waals surface area contributed by atoms with Crippen LogP contribution in [0.25, 0.3) is 0 Å². The third-order valence-corrected chi connectivity index (χ3v) is 5.03. The first-order valence-electron chi connectivity index (χ1n) is 7.86. The molecule has 1 unspecified atom stereocenters. The number of fused-ring (bicyclic) bond motifs is 1. The maximum absolute atomic E-state index is 6.15. The van der Waals surface area contributed by atoms with Crippen molar-refractivity contribution in [3.63, 3.8) is 0 Å². The molecular weight excluding hydrogens is 232 g/mol. The minimum Gasteiger partial charge on any atom is -0.329 e. The predicted octanol–water partition coefficient (Wildman–Crippen LogP) is 2.80. The third-order valence-electron chi connectivity index (χ3n) is 5.03. The molecule has 2 aliphatic rings. The fourth-order valence-electron chi connectivity index (χ4n) is 3.84. The van der Waals surface area contributed by atoms with Gasteiger partial charge in [-0.3, -0.25) is 0 Å². The molecule has 3 rings (SSSR count). The van der Waals surface area contributed by atoms with Gasteiger partial charge in [0.15, 0.2) is 0 Å². The van der Waals surface area contributed by atoms with E-state index in [2.05, 4.69) is 29.6 Å². The van der Waals surface area contributed by atoms with E-state index in [1.807, 2.05) is 0 Å². The zero-order valence-electron chi connectivity index (χ0n) is 11.8. The van der Waals surface area contributed by atoms with Crippen molar-refractivity contribution >= 4 is 0 Å². The van der Waals surface area contributed by atoms with Crippen molar-refractivity contribution in [2.45, 2.75) is 62.9 Å². The Balaban J connectivity index is 1.73. The van der Waals surface area contributed by atoms with Gasteiger partial charge < -0.3 is 11.1 Å². The van der Waals surface area contributed by atoms with E-state index in [1.54, 1.807) is 0 Å². The van der Waals surface area contributed by atoms with E-state index >= 15 is 0 Å². The van der Waals surface area contributed by atoms with Gasteiger partial charge in [0.1, 0.15) is 0 Å². The van der Waals surface area contributed by atoms with Crippen LogP contribution in [0.5, 0.6) is 0 Å². The molecule has 19 heavy (non-hydrogen) atoms. The second-order valence-corrected chi connectivity index (χ2v) is 6.41. The molecule has 2 heteroatoms. The van der Waals surface area contributed by atoms with Crippen molar-refractivity contribution in [3.8, 4) is 0 Å². The maximum Gasteiger partial charge on any atom is 0.0350 e. The van der Waals surface area contributed by atoms with E-state index in [0.29, 0.717) is 6.04 Å². The molecule has 0 aromatic heterocycles. The van der Waals surface area contributed by atoms with Crippen molar-refractivity contribution in [3.05, 3.63) is 35.4 Å². The lowest BCUT2D eigenvalue weighted by molar-refractivity contribution is 0.228. The Morgan fingerprint density at radius 3 is 2.58 bits per heavy atom. The van der Waals surface area contributed by atoms with Crippen LogP contribution in [-0.2, 0) is 12.8 Å². The van der Waals surface area contributed by atoms with Crippen LogP contribution in [0.2, 0.25) is 0 Å². The average molecular weight is 258 g/mol. The lowest BCUT2D eigenvalue weighted by Gasteiger charge is -2.42. The number of aryl methyl sites for hydroxylation is 1. The minimum atomic E-state index is 0.149. The second-order valence-electron chi connectivity index (χ2n) is 6.41. The number of hydrogen-bond donors (Lipinski definition) is 2. The molecule has 1 saturated carbocycles. The SMILES string of the molecule is NCC1(NC2CCCCC2)CCc2ccccc2C1. The van der Waals surface area contributed by atoms with Crippen LogP contribution >= 0.6 is 0 Å². The van der Waals surface area contributed by atoms with Gasteiger partial charge in [0.25, 0.3) is 0 Å². The molecule has 0 heterocycles. The summed E-state index contributed by atoms with van der Waals surface area (Å²) in [6.07, 6.45) is 10.3. The van der Waals surface area contributed by atoms with Crippen LogP contribution in [0.15, 0.2) is 24.3 Å². The summed E-state index contributed by atoms with van der Waals surface area (Å²) in [7, 11) is 0. The molecule has 3 N–H and O–H groups in total. The van der Waals surface area contributed by atoms with E-state index in [9.17, 15) is 0 Å². The van der Waals surface area contributed by atoms with Crippen LogP contribution in [-0.4, -0.2) is 18.1 Å². The molecule has 0 bridgehead atoms. The fourth-order valence-corrected chi connectivity index (χ4v) is 3.84. The van der Waals surface area contributed by atoms with Crippen molar-refractivity contribution in [1.29, 1.82) is 0 Å². The maximum atomic E-state index is 6.15. The summed E-state index contributed by atoms with van der Waals surface area (Å²) in [5.74, 6) is 0. The van der Waals surface area contributed by atoms with Crippen LogP contribution in [0.4, 0.5) is 0 Å². The van der Waals surface area contributed by atoms with Gasteiger partial charge in [0, 0.05) is 18.1 Å². The smallest absolute Gasteiger partial charge is 0.0350 e. The van der Waals surface area contributed by atoms with Gasteiger partial charge in [-0.1, -0.05) is 43.5 Å². The minimum absolute atomic E-state index is 0.149. The summed E-state index contributed by atoms with van der Waals surface area (Å²) < 4.78 is 0. The van der Waals surface area contributed by atoms with E-state index in [-0.39, 0.29) is 5.54 Å². The Bertz CT molecular complexity index is 423. The van der Waals surface area contributed by atoms with Gasteiger partial charge in [-0.2, -0.15) is 0 Å². The molecule has 1 aromatic rings. The summed E-state index contributed by atoms with van der Waals surface area (Å²) >= 11 is 0. The summed E-state index contributed by atoms with van der Waals surface area (Å²) in [6, 6.07) is 9.56. The summed E-state index contributed by atoms with van der Waals surface area (Å²) in [5, 5.41) is 3.94. The van der Waals surface area contributed by atoms with Crippen molar-refractivity contribution < 1.29 is 0 Å². The van der Waals surface area contributed by atoms with Gasteiger partial charge >= 0.3 is 0 Å². The number of benzene rings is 1. The quantitative estimate of drug-likeness (QED) is 0.875. The van der Waals surface area contributed by atoms with Crippen LogP contribution in [0, 0.1) is 0 Å². The van der Waals surface area contributed by atoms with Gasteiger partial charge in [-0.25, -0.2) is 0 Å². The standard InChI is InChI=1S/C17H26N2/c18-13-17(19-16-8-2-1-3-9-16)11-10-14-6-4-5-7-15(14)12-17/h4-7,16,19H,1-3,8-13,18H2. The molecule has 0 radical (unpaired) electrons. The second kappa shape index (κ2) is 5.64. The van der Waals surface area contributed by atoms with Crippen LogP contribution in [0.1, 0.15) is 49.7 Å². The number of nitrogens with two attached hydrogens (primary N) is 1. The number of hydrogen-bond acceptors (Lipinski definition) is 2. The van der Waals surface area contributed by atoms with E-state index in [1.165, 1.54) is 56.1 Å². The molecule has 0 amide bonds. The topological polar surface area (TPSA) is 38.0 Å². The zero-order chi connectivity index (χ0) is 13.1. The Hall–Kier alpha value is -0.860. The number of nitrogens with one attached hydrogen (secondary N) is 1. The summed E-state index contributed by atoms with van der Waals surface area (Å²) in [5.41, 5.74) is 9.33. The molecule has 1 aromatic carbocycles. The Morgan fingerprint density at radius 2 is 1.84 bits per heavy atom. The van der Waals surface area contributed by atoms with E-state index < -0.39 is 0 Å². The lowest BCUT2D eigenvalue weighted by Crippen LogP contribution is -2.58. The van der Waals surface area contributed by atoms with Crippen molar-refractivity contribution in [2.24, 2.45) is 5.73 Å². The lowest BCUT2D eigenvalue weighted by atomic mass is 9.77. The number of rotatable bonds is 3. The first-order chi connectivity index (χ1) is 9.31. The molecule has 0 aliphatic heterocycles. The van der Waals surface area contributed by atoms with Crippen molar-refractivity contribution in [1.82, 2.24) is 5.32 Å². The molecule has 2 nitrogen and oxygen atoms in total. The Morgan fingerprint density at radius 1 is 1.11 bits per heavy atom. The predicted molar refractivity (Wildman–Crippen MR) is 80.3 cm³/mol. The molecule has 1 atom stereocenters. The summed E-state index contributed by atoms with van der Waals surface area (Å²) in [4.78, 5) is 0. The van der Waals surface area contributed by atoms with Gasteiger partial charge in [-0.15, -0.1) is 0 Å². The highest BCUT2D eigenvalue weighted by atomic mass is 15.0.